The van der Waals surface area contributed by atoms with E-state index in [1.54, 1.807) is 0 Å². The van der Waals surface area contributed by atoms with Gasteiger partial charge in [-0.25, -0.2) is 4.79 Å². The fraction of sp³-hybridized carbons (Fsp3) is 0.625. The molecule has 0 unspecified atom stereocenters. The molecule has 0 aliphatic rings. The molecule has 0 heterocycles. The second kappa shape index (κ2) is 4.62. The van der Waals surface area contributed by atoms with Crippen molar-refractivity contribution in [1.82, 2.24) is 10.6 Å². The fourth-order valence-electron chi connectivity index (χ4n) is 0.534. The Kier molecular flexibility index (Phi) is 4.16. The van der Waals surface area contributed by atoms with Crippen LogP contribution in [0.2, 0.25) is 0 Å². The lowest BCUT2D eigenvalue weighted by Gasteiger charge is -2.23. The van der Waals surface area contributed by atoms with Crippen molar-refractivity contribution in [1.29, 1.82) is 0 Å². The van der Waals surface area contributed by atoms with Crippen LogP contribution in [0.5, 0.6) is 0 Å². The third-order valence-corrected chi connectivity index (χ3v) is 1.31. The molecule has 0 aliphatic heterocycles. The minimum absolute atomic E-state index is 0.229. The summed E-state index contributed by atoms with van der Waals surface area (Å²) in [6, 6.07) is -0.289. The van der Waals surface area contributed by atoms with Gasteiger partial charge < -0.3 is 16.4 Å². The van der Waals surface area contributed by atoms with E-state index in [1.165, 1.54) is 0 Å². The fourth-order valence-corrected chi connectivity index (χ4v) is 0.534. The van der Waals surface area contributed by atoms with Crippen LogP contribution >= 0.6 is 0 Å². The maximum atomic E-state index is 11.0. The van der Waals surface area contributed by atoms with Crippen LogP contribution in [0.3, 0.4) is 0 Å². The minimum Gasteiger partial charge on any atom is -0.332 e. The maximum absolute atomic E-state index is 11.0. The van der Waals surface area contributed by atoms with Gasteiger partial charge in [0.15, 0.2) is 0 Å². The van der Waals surface area contributed by atoms with Gasteiger partial charge in [0, 0.05) is 12.1 Å². The number of amides is 2. The molecular formula is C8H15N3O. The molecule has 4 nitrogen and oxygen atoms in total. The van der Waals surface area contributed by atoms with Gasteiger partial charge in [-0.05, 0) is 13.8 Å². The van der Waals surface area contributed by atoms with Crippen LogP contribution in [0, 0.1) is 12.3 Å². The number of rotatable bonds is 3. The van der Waals surface area contributed by atoms with Gasteiger partial charge in [0.2, 0.25) is 0 Å². The molecule has 0 aliphatic carbocycles. The summed E-state index contributed by atoms with van der Waals surface area (Å²) in [6.45, 7) is 4.29. The molecule has 0 atom stereocenters. The van der Waals surface area contributed by atoms with E-state index in [0.717, 1.165) is 0 Å². The van der Waals surface area contributed by atoms with Crippen molar-refractivity contribution in [2.75, 3.05) is 13.1 Å². The number of hydrogen-bond acceptors (Lipinski definition) is 2. The average molecular weight is 169 g/mol. The molecule has 0 aromatic rings. The monoisotopic (exact) mass is 169 g/mol. The Morgan fingerprint density at radius 2 is 2.25 bits per heavy atom. The van der Waals surface area contributed by atoms with Crippen LogP contribution in [-0.4, -0.2) is 24.7 Å². The summed E-state index contributed by atoms with van der Waals surface area (Å²) in [5.74, 6) is 2.30. The summed E-state index contributed by atoms with van der Waals surface area (Å²) in [7, 11) is 0. The Bertz CT molecular complexity index is 193. The van der Waals surface area contributed by atoms with Gasteiger partial charge in [-0.2, -0.15) is 0 Å². The number of carbonyl (C=O) groups excluding carboxylic acids is 1. The summed E-state index contributed by atoms with van der Waals surface area (Å²) < 4.78 is 0. The molecule has 0 aromatic heterocycles. The van der Waals surface area contributed by atoms with Crippen LogP contribution in [0.1, 0.15) is 13.8 Å². The highest BCUT2D eigenvalue weighted by Crippen LogP contribution is 1.96. The summed E-state index contributed by atoms with van der Waals surface area (Å²) in [5, 5.41) is 5.15. The predicted molar refractivity (Wildman–Crippen MR) is 48.5 cm³/mol. The van der Waals surface area contributed by atoms with E-state index in [9.17, 15) is 4.79 Å². The molecule has 4 heteroatoms. The SMILES string of the molecule is C#CCNC(=O)NC(C)(C)CN. The van der Waals surface area contributed by atoms with Gasteiger partial charge in [0.1, 0.15) is 0 Å². The van der Waals surface area contributed by atoms with E-state index < -0.39 is 5.54 Å². The Morgan fingerprint density at radius 3 is 2.67 bits per heavy atom. The van der Waals surface area contributed by atoms with Crippen LogP contribution in [0.15, 0.2) is 0 Å². The summed E-state index contributed by atoms with van der Waals surface area (Å²) in [4.78, 5) is 11.0. The second-order valence-corrected chi connectivity index (χ2v) is 3.10. The smallest absolute Gasteiger partial charge is 0.316 e. The van der Waals surface area contributed by atoms with Crippen LogP contribution in [0.25, 0.3) is 0 Å². The summed E-state index contributed by atoms with van der Waals surface area (Å²) >= 11 is 0. The first-order valence-electron chi connectivity index (χ1n) is 3.71. The Labute approximate surface area is 72.9 Å². The van der Waals surface area contributed by atoms with Crippen molar-refractivity contribution in [3.05, 3.63) is 0 Å². The van der Waals surface area contributed by atoms with Crippen molar-refractivity contribution >= 4 is 6.03 Å². The zero-order valence-corrected chi connectivity index (χ0v) is 7.48. The molecule has 0 saturated carbocycles. The largest absolute Gasteiger partial charge is 0.332 e. The van der Waals surface area contributed by atoms with Crippen LogP contribution in [0.4, 0.5) is 4.79 Å². The Hall–Kier alpha value is -1.21. The zero-order valence-electron chi connectivity index (χ0n) is 7.48. The molecule has 0 saturated heterocycles. The van der Waals surface area contributed by atoms with Crippen molar-refractivity contribution in [2.45, 2.75) is 19.4 Å². The van der Waals surface area contributed by atoms with Crippen molar-refractivity contribution in [2.24, 2.45) is 5.73 Å². The molecule has 0 fully saturated rings. The lowest BCUT2D eigenvalue weighted by molar-refractivity contribution is 0.232. The highest BCUT2D eigenvalue weighted by Gasteiger charge is 2.17. The van der Waals surface area contributed by atoms with Gasteiger partial charge in [-0.1, -0.05) is 5.92 Å². The van der Waals surface area contributed by atoms with Crippen LogP contribution < -0.4 is 16.4 Å². The number of carbonyl (C=O) groups is 1. The first kappa shape index (κ1) is 10.8. The molecule has 0 radical (unpaired) electrons. The van der Waals surface area contributed by atoms with E-state index in [1.807, 2.05) is 13.8 Å². The molecule has 12 heavy (non-hydrogen) atoms. The third kappa shape index (κ3) is 4.58. The van der Waals surface area contributed by atoms with Gasteiger partial charge in [-0.3, -0.25) is 0 Å². The summed E-state index contributed by atoms with van der Waals surface area (Å²) in [6.07, 6.45) is 4.96. The standard InChI is InChI=1S/C8H15N3O/c1-4-5-10-7(12)11-8(2,3)6-9/h1H,5-6,9H2,2-3H3,(H2,10,11,12). The number of nitrogens with one attached hydrogen (secondary N) is 2. The first-order chi connectivity index (χ1) is 5.52. The van der Waals surface area contributed by atoms with Gasteiger partial charge in [-0.15, -0.1) is 6.42 Å². The predicted octanol–water partition coefficient (Wildman–Crippen LogP) is -0.344. The quantitative estimate of drug-likeness (QED) is 0.506. The molecule has 4 N–H and O–H groups in total. The summed E-state index contributed by atoms with van der Waals surface area (Å²) in [5.41, 5.74) is 5.01. The molecule has 2 amide bonds. The lowest BCUT2D eigenvalue weighted by Crippen LogP contribution is -2.52. The number of urea groups is 1. The molecule has 68 valence electrons. The average Bonchev–Trinajstić information content (AvgIpc) is 2.00. The number of hydrogen-bond donors (Lipinski definition) is 3. The van der Waals surface area contributed by atoms with Crippen LogP contribution in [-0.2, 0) is 0 Å². The lowest BCUT2D eigenvalue weighted by atomic mass is 10.1. The first-order valence-corrected chi connectivity index (χ1v) is 3.71. The molecule has 0 rings (SSSR count). The van der Waals surface area contributed by atoms with E-state index >= 15 is 0 Å². The molecule has 0 aromatic carbocycles. The zero-order chi connectivity index (χ0) is 9.61. The second-order valence-electron chi connectivity index (χ2n) is 3.10. The van der Waals surface area contributed by atoms with Crippen molar-refractivity contribution < 1.29 is 4.79 Å². The Morgan fingerprint density at radius 1 is 1.67 bits per heavy atom. The topological polar surface area (TPSA) is 67.2 Å². The third-order valence-electron chi connectivity index (χ3n) is 1.31. The number of nitrogens with two attached hydrogens (primary N) is 1. The molecule has 0 spiro atoms. The normalized spacial score (nSPS) is 10.2. The highest BCUT2D eigenvalue weighted by molar-refractivity contribution is 5.74. The van der Waals surface area contributed by atoms with E-state index in [-0.39, 0.29) is 12.6 Å². The number of terminal acetylenes is 1. The highest BCUT2D eigenvalue weighted by atomic mass is 16.2. The van der Waals surface area contributed by atoms with E-state index in [0.29, 0.717) is 6.54 Å². The maximum Gasteiger partial charge on any atom is 0.316 e. The molecule has 0 bridgehead atoms. The minimum atomic E-state index is -0.390. The van der Waals surface area contributed by atoms with Gasteiger partial charge >= 0.3 is 6.03 Å². The van der Waals surface area contributed by atoms with E-state index in [2.05, 4.69) is 16.6 Å². The van der Waals surface area contributed by atoms with Crippen molar-refractivity contribution in [3.63, 3.8) is 0 Å². The van der Waals surface area contributed by atoms with E-state index in [4.69, 9.17) is 12.2 Å². The van der Waals surface area contributed by atoms with Gasteiger partial charge in [0.05, 0.1) is 6.54 Å². The van der Waals surface area contributed by atoms with Gasteiger partial charge in [0.25, 0.3) is 0 Å². The molecular weight excluding hydrogens is 154 g/mol. The van der Waals surface area contributed by atoms with Crippen molar-refractivity contribution in [3.8, 4) is 12.3 Å². The Balaban J connectivity index is 3.78.